The van der Waals surface area contributed by atoms with E-state index in [4.69, 9.17) is 19.9 Å². The molecule has 1 aromatic carbocycles. The zero-order valence-corrected chi connectivity index (χ0v) is 12.7. The predicted molar refractivity (Wildman–Crippen MR) is 79.9 cm³/mol. The Morgan fingerprint density at radius 2 is 1.95 bits per heavy atom. The van der Waals surface area contributed by atoms with E-state index >= 15 is 0 Å². The Labute approximate surface area is 124 Å². The summed E-state index contributed by atoms with van der Waals surface area (Å²) >= 11 is 0. The SMILES string of the molecule is COc1cc(OC)c(N)c(C(=O)NC2(C)CCOCC2)c1. The molecule has 21 heavy (non-hydrogen) atoms. The molecule has 2 rings (SSSR count). The van der Waals surface area contributed by atoms with Crippen molar-refractivity contribution in [3.8, 4) is 11.5 Å². The predicted octanol–water partition coefficient (Wildman–Crippen LogP) is 1.58. The minimum atomic E-state index is -0.280. The number of benzene rings is 1. The van der Waals surface area contributed by atoms with Crippen molar-refractivity contribution in [3.05, 3.63) is 17.7 Å². The molecule has 1 fully saturated rings. The Bertz CT molecular complexity index is 525. The first kappa shape index (κ1) is 15.4. The van der Waals surface area contributed by atoms with Crippen molar-refractivity contribution >= 4 is 11.6 Å². The second-order valence-corrected chi connectivity index (χ2v) is 5.42. The van der Waals surface area contributed by atoms with Crippen molar-refractivity contribution in [1.29, 1.82) is 0 Å². The van der Waals surface area contributed by atoms with Crippen LogP contribution in [-0.4, -0.2) is 38.9 Å². The van der Waals surface area contributed by atoms with Gasteiger partial charge in [-0.05, 0) is 25.8 Å². The van der Waals surface area contributed by atoms with Crippen molar-refractivity contribution in [3.63, 3.8) is 0 Å². The fourth-order valence-electron chi connectivity index (χ4n) is 2.36. The molecule has 0 spiro atoms. The highest BCUT2D eigenvalue weighted by Gasteiger charge is 2.30. The molecule has 0 saturated carbocycles. The van der Waals surface area contributed by atoms with Gasteiger partial charge in [0.2, 0.25) is 0 Å². The molecule has 6 heteroatoms. The van der Waals surface area contributed by atoms with Gasteiger partial charge in [0.05, 0.1) is 25.5 Å². The highest BCUT2D eigenvalue weighted by atomic mass is 16.5. The van der Waals surface area contributed by atoms with Crippen LogP contribution >= 0.6 is 0 Å². The first-order valence-corrected chi connectivity index (χ1v) is 6.91. The van der Waals surface area contributed by atoms with Gasteiger partial charge < -0.3 is 25.3 Å². The quantitative estimate of drug-likeness (QED) is 0.824. The van der Waals surface area contributed by atoms with Crippen LogP contribution in [0.25, 0.3) is 0 Å². The van der Waals surface area contributed by atoms with Crippen LogP contribution in [0, 0.1) is 0 Å². The number of nitrogens with two attached hydrogens (primary N) is 1. The van der Waals surface area contributed by atoms with E-state index < -0.39 is 0 Å². The Morgan fingerprint density at radius 3 is 2.52 bits per heavy atom. The minimum Gasteiger partial charge on any atom is -0.497 e. The zero-order chi connectivity index (χ0) is 15.5. The van der Waals surface area contributed by atoms with Gasteiger partial charge in [0.1, 0.15) is 11.5 Å². The molecule has 1 amide bonds. The van der Waals surface area contributed by atoms with Crippen LogP contribution in [0.2, 0.25) is 0 Å². The van der Waals surface area contributed by atoms with E-state index in [0.29, 0.717) is 36.0 Å². The molecule has 0 unspecified atom stereocenters. The molecule has 1 aromatic rings. The number of carbonyl (C=O) groups is 1. The average molecular weight is 294 g/mol. The number of rotatable bonds is 4. The van der Waals surface area contributed by atoms with Crippen molar-refractivity contribution in [1.82, 2.24) is 5.32 Å². The molecule has 0 atom stereocenters. The molecule has 1 heterocycles. The first-order chi connectivity index (χ1) is 9.99. The summed E-state index contributed by atoms with van der Waals surface area (Å²) in [5.74, 6) is 0.731. The molecule has 1 aliphatic rings. The van der Waals surface area contributed by atoms with Crippen LogP contribution < -0.4 is 20.5 Å². The fourth-order valence-corrected chi connectivity index (χ4v) is 2.36. The van der Waals surface area contributed by atoms with E-state index in [2.05, 4.69) is 5.32 Å². The van der Waals surface area contributed by atoms with Gasteiger partial charge in [0, 0.05) is 24.8 Å². The number of hydrogen-bond acceptors (Lipinski definition) is 5. The van der Waals surface area contributed by atoms with Crippen LogP contribution in [0.4, 0.5) is 5.69 Å². The van der Waals surface area contributed by atoms with E-state index in [-0.39, 0.29) is 11.4 Å². The number of methoxy groups -OCH3 is 2. The van der Waals surface area contributed by atoms with Gasteiger partial charge in [-0.25, -0.2) is 0 Å². The number of anilines is 1. The van der Waals surface area contributed by atoms with E-state index in [1.165, 1.54) is 14.2 Å². The molecule has 0 radical (unpaired) electrons. The van der Waals surface area contributed by atoms with Crippen LogP contribution in [0.3, 0.4) is 0 Å². The topological polar surface area (TPSA) is 82.8 Å². The largest absolute Gasteiger partial charge is 0.497 e. The molecule has 3 N–H and O–H groups in total. The Kier molecular flexibility index (Phi) is 4.57. The van der Waals surface area contributed by atoms with Gasteiger partial charge in [-0.1, -0.05) is 0 Å². The van der Waals surface area contributed by atoms with Gasteiger partial charge in [-0.2, -0.15) is 0 Å². The second-order valence-electron chi connectivity index (χ2n) is 5.42. The summed E-state index contributed by atoms with van der Waals surface area (Å²) in [6.07, 6.45) is 1.56. The number of hydrogen-bond donors (Lipinski definition) is 2. The van der Waals surface area contributed by atoms with Gasteiger partial charge in [0.25, 0.3) is 5.91 Å². The smallest absolute Gasteiger partial charge is 0.254 e. The highest BCUT2D eigenvalue weighted by molar-refractivity contribution is 6.01. The molecule has 6 nitrogen and oxygen atoms in total. The third-order valence-corrected chi connectivity index (χ3v) is 3.83. The number of amides is 1. The standard InChI is InChI=1S/C15H22N2O4/c1-15(4-6-21-7-5-15)17-14(18)11-8-10(19-2)9-12(20-3)13(11)16/h8-9H,4-7,16H2,1-3H3,(H,17,18). The van der Waals surface area contributed by atoms with Gasteiger partial charge in [0.15, 0.2) is 0 Å². The third-order valence-electron chi connectivity index (χ3n) is 3.83. The molecule has 1 aliphatic heterocycles. The van der Waals surface area contributed by atoms with E-state index in [1.54, 1.807) is 12.1 Å². The van der Waals surface area contributed by atoms with Crippen LogP contribution in [0.1, 0.15) is 30.1 Å². The molecular weight excluding hydrogens is 272 g/mol. The molecule has 0 bridgehead atoms. The van der Waals surface area contributed by atoms with E-state index in [9.17, 15) is 4.79 Å². The monoisotopic (exact) mass is 294 g/mol. The molecular formula is C15H22N2O4. The number of nitrogens with one attached hydrogen (secondary N) is 1. The third kappa shape index (κ3) is 3.39. The lowest BCUT2D eigenvalue weighted by atomic mass is 9.92. The van der Waals surface area contributed by atoms with Gasteiger partial charge in [-0.15, -0.1) is 0 Å². The Hall–Kier alpha value is -1.95. The van der Waals surface area contributed by atoms with E-state index in [1.807, 2.05) is 6.92 Å². The summed E-state index contributed by atoms with van der Waals surface area (Å²) in [5, 5.41) is 3.04. The second kappa shape index (κ2) is 6.22. The van der Waals surface area contributed by atoms with Gasteiger partial charge >= 0.3 is 0 Å². The van der Waals surface area contributed by atoms with Crippen LogP contribution in [0.5, 0.6) is 11.5 Å². The normalized spacial score (nSPS) is 17.1. The van der Waals surface area contributed by atoms with E-state index in [0.717, 1.165) is 12.8 Å². The summed E-state index contributed by atoms with van der Waals surface area (Å²) in [4.78, 5) is 12.5. The summed E-state index contributed by atoms with van der Waals surface area (Å²) in [6, 6.07) is 3.28. The maximum atomic E-state index is 12.5. The Balaban J connectivity index is 2.25. The maximum absolute atomic E-state index is 12.5. The Morgan fingerprint density at radius 1 is 1.29 bits per heavy atom. The van der Waals surface area contributed by atoms with Crippen molar-refractivity contribution < 1.29 is 19.0 Å². The number of ether oxygens (including phenoxy) is 3. The average Bonchev–Trinajstić information content (AvgIpc) is 2.47. The van der Waals surface area contributed by atoms with Crippen LogP contribution in [0.15, 0.2) is 12.1 Å². The van der Waals surface area contributed by atoms with Crippen LogP contribution in [-0.2, 0) is 4.74 Å². The zero-order valence-electron chi connectivity index (χ0n) is 12.7. The first-order valence-electron chi connectivity index (χ1n) is 6.91. The maximum Gasteiger partial charge on any atom is 0.254 e. The lowest BCUT2D eigenvalue weighted by Crippen LogP contribution is -2.49. The summed E-state index contributed by atoms with van der Waals surface area (Å²) in [6.45, 7) is 3.31. The lowest BCUT2D eigenvalue weighted by Gasteiger charge is -2.34. The molecule has 0 aromatic heterocycles. The summed E-state index contributed by atoms with van der Waals surface area (Å²) < 4.78 is 15.7. The van der Waals surface area contributed by atoms with Crippen molar-refractivity contribution in [2.45, 2.75) is 25.3 Å². The number of nitrogen functional groups attached to an aromatic ring is 1. The summed E-state index contributed by atoms with van der Waals surface area (Å²) in [7, 11) is 3.04. The summed E-state index contributed by atoms with van der Waals surface area (Å²) in [5.41, 5.74) is 6.39. The fraction of sp³-hybridized carbons (Fsp3) is 0.533. The molecule has 116 valence electrons. The van der Waals surface area contributed by atoms with Crippen molar-refractivity contribution in [2.24, 2.45) is 0 Å². The molecule has 0 aliphatic carbocycles. The number of carbonyl (C=O) groups excluding carboxylic acids is 1. The highest BCUT2D eigenvalue weighted by Crippen LogP contribution is 2.31. The molecule has 1 saturated heterocycles. The van der Waals surface area contributed by atoms with Crippen molar-refractivity contribution in [2.75, 3.05) is 33.2 Å². The van der Waals surface area contributed by atoms with Gasteiger partial charge in [-0.3, -0.25) is 4.79 Å². The lowest BCUT2D eigenvalue weighted by molar-refractivity contribution is 0.0423. The minimum absolute atomic E-state index is 0.228.